The SMILES string of the molecule is O=C1NCC(Cc2ccc3c(c2)OCO3)O1. The van der Waals surface area contributed by atoms with Crippen molar-refractivity contribution in [1.29, 1.82) is 0 Å². The van der Waals surface area contributed by atoms with Gasteiger partial charge in [-0.3, -0.25) is 0 Å². The maximum Gasteiger partial charge on any atom is 0.407 e. The smallest absolute Gasteiger partial charge is 0.407 e. The number of benzene rings is 1. The second-order valence-corrected chi connectivity index (χ2v) is 3.80. The maximum absolute atomic E-state index is 10.9. The fourth-order valence-electron chi connectivity index (χ4n) is 1.88. The van der Waals surface area contributed by atoms with E-state index in [4.69, 9.17) is 14.2 Å². The third-order valence-electron chi connectivity index (χ3n) is 2.65. The van der Waals surface area contributed by atoms with Gasteiger partial charge in [-0.2, -0.15) is 0 Å². The number of cyclic esters (lactones) is 1. The minimum atomic E-state index is -0.342. The van der Waals surface area contributed by atoms with Crippen LogP contribution in [0.25, 0.3) is 0 Å². The van der Waals surface area contributed by atoms with Gasteiger partial charge in [0.15, 0.2) is 11.5 Å². The molecule has 0 aliphatic carbocycles. The highest BCUT2D eigenvalue weighted by Crippen LogP contribution is 2.32. The third kappa shape index (κ3) is 1.64. The Labute approximate surface area is 92.3 Å². The van der Waals surface area contributed by atoms with E-state index in [0.29, 0.717) is 13.0 Å². The van der Waals surface area contributed by atoms with Crippen LogP contribution in [0.1, 0.15) is 5.56 Å². The molecule has 84 valence electrons. The second-order valence-electron chi connectivity index (χ2n) is 3.80. The summed E-state index contributed by atoms with van der Waals surface area (Å²) in [6, 6.07) is 5.76. The van der Waals surface area contributed by atoms with Crippen molar-refractivity contribution in [3.05, 3.63) is 23.8 Å². The van der Waals surface area contributed by atoms with E-state index >= 15 is 0 Å². The normalized spacial score (nSPS) is 21.8. The van der Waals surface area contributed by atoms with Gasteiger partial charge in [-0.15, -0.1) is 0 Å². The van der Waals surface area contributed by atoms with Crippen molar-refractivity contribution in [1.82, 2.24) is 5.32 Å². The zero-order valence-electron chi connectivity index (χ0n) is 8.56. The van der Waals surface area contributed by atoms with E-state index in [1.54, 1.807) is 0 Å². The van der Waals surface area contributed by atoms with Gasteiger partial charge >= 0.3 is 6.09 Å². The molecule has 5 nitrogen and oxygen atoms in total. The molecule has 0 radical (unpaired) electrons. The van der Waals surface area contributed by atoms with Gasteiger partial charge in [-0.05, 0) is 17.7 Å². The van der Waals surface area contributed by atoms with Gasteiger partial charge in [0.2, 0.25) is 6.79 Å². The maximum atomic E-state index is 10.9. The standard InChI is InChI=1S/C11H11NO4/c13-11-12-5-8(16-11)3-7-1-2-9-10(4-7)15-6-14-9/h1-2,4,8H,3,5-6H2,(H,12,13). The molecule has 5 heteroatoms. The van der Waals surface area contributed by atoms with Gasteiger partial charge in [-0.25, -0.2) is 4.79 Å². The molecule has 1 N–H and O–H groups in total. The number of rotatable bonds is 2. The first-order valence-electron chi connectivity index (χ1n) is 5.14. The highest BCUT2D eigenvalue weighted by Gasteiger charge is 2.23. The van der Waals surface area contributed by atoms with Crippen LogP contribution >= 0.6 is 0 Å². The Morgan fingerprint density at radius 3 is 3.00 bits per heavy atom. The Balaban J connectivity index is 1.73. The molecule has 1 unspecified atom stereocenters. The second kappa shape index (κ2) is 3.59. The largest absolute Gasteiger partial charge is 0.454 e. The summed E-state index contributed by atoms with van der Waals surface area (Å²) in [4.78, 5) is 10.9. The van der Waals surface area contributed by atoms with E-state index in [0.717, 1.165) is 17.1 Å². The van der Waals surface area contributed by atoms with Gasteiger partial charge < -0.3 is 19.5 Å². The van der Waals surface area contributed by atoms with Crippen LogP contribution in [-0.2, 0) is 11.2 Å². The van der Waals surface area contributed by atoms with E-state index in [-0.39, 0.29) is 19.0 Å². The van der Waals surface area contributed by atoms with E-state index in [1.807, 2.05) is 18.2 Å². The fraction of sp³-hybridized carbons (Fsp3) is 0.364. The predicted molar refractivity (Wildman–Crippen MR) is 54.5 cm³/mol. The molecule has 2 aliphatic rings. The topological polar surface area (TPSA) is 56.8 Å². The van der Waals surface area contributed by atoms with Crippen LogP contribution in [-0.4, -0.2) is 25.5 Å². The molecule has 1 fully saturated rings. The van der Waals surface area contributed by atoms with E-state index < -0.39 is 0 Å². The minimum Gasteiger partial charge on any atom is -0.454 e. The lowest BCUT2D eigenvalue weighted by molar-refractivity contribution is 0.140. The number of alkyl carbamates (subject to hydrolysis) is 1. The Morgan fingerprint density at radius 2 is 2.19 bits per heavy atom. The van der Waals surface area contributed by atoms with Crippen molar-refractivity contribution in [3.63, 3.8) is 0 Å². The van der Waals surface area contributed by atoms with Crippen LogP contribution in [0.3, 0.4) is 0 Å². The van der Waals surface area contributed by atoms with Crippen LogP contribution in [0.5, 0.6) is 11.5 Å². The molecule has 1 aromatic carbocycles. The average Bonchev–Trinajstić information content (AvgIpc) is 2.87. The van der Waals surface area contributed by atoms with Gasteiger partial charge in [0.05, 0.1) is 6.54 Å². The summed E-state index contributed by atoms with van der Waals surface area (Å²) < 4.78 is 15.6. The highest BCUT2D eigenvalue weighted by atomic mass is 16.7. The predicted octanol–water partition coefficient (Wildman–Crippen LogP) is 1.07. The quantitative estimate of drug-likeness (QED) is 0.811. The van der Waals surface area contributed by atoms with Crippen molar-refractivity contribution in [2.75, 3.05) is 13.3 Å². The van der Waals surface area contributed by atoms with Crippen LogP contribution in [0, 0.1) is 0 Å². The third-order valence-corrected chi connectivity index (χ3v) is 2.65. The molecule has 0 spiro atoms. The van der Waals surface area contributed by atoms with E-state index in [1.165, 1.54) is 0 Å². The first-order valence-corrected chi connectivity index (χ1v) is 5.14. The lowest BCUT2D eigenvalue weighted by Crippen LogP contribution is -2.16. The molecule has 3 rings (SSSR count). The Morgan fingerprint density at radius 1 is 1.31 bits per heavy atom. The summed E-state index contributed by atoms with van der Waals surface area (Å²) in [7, 11) is 0. The van der Waals surface area contributed by atoms with Crippen molar-refractivity contribution in [2.24, 2.45) is 0 Å². The average molecular weight is 221 g/mol. The number of amides is 1. The molecular weight excluding hydrogens is 210 g/mol. The number of ether oxygens (including phenoxy) is 3. The molecule has 1 amide bonds. The molecule has 16 heavy (non-hydrogen) atoms. The van der Waals surface area contributed by atoms with Crippen LogP contribution in [0.15, 0.2) is 18.2 Å². The molecule has 2 heterocycles. The summed E-state index contributed by atoms with van der Waals surface area (Å²) >= 11 is 0. The first-order chi connectivity index (χ1) is 7.81. The van der Waals surface area contributed by atoms with Gasteiger partial charge in [-0.1, -0.05) is 6.07 Å². The highest BCUT2D eigenvalue weighted by molar-refractivity contribution is 5.69. The Bertz CT molecular complexity index is 432. The van der Waals surface area contributed by atoms with Crippen LogP contribution in [0.2, 0.25) is 0 Å². The first kappa shape index (κ1) is 9.33. The zero-order valence-corrected chi connectivity index (χ0v) is 8.56. The van der Waals surface area contributed by atoms with Crippen molar-refractivity contribution in [3.8, 4) is 11.5 Å². The molecule has 2 aliphatic heterocycles. The Hall–Kier alpha value is -1.91. The van der Waals surface area contributed by atoms with Gasteiger partial charge in [0, 0.05) is 6.42 Å². The summed E-state index contributed by atoms with van der Waals surface area (Å²) in [5, 5.41) is 2.63. The van der Waals surface area contributed by atoms with Crippen LogP contribution < -0.4 is 14.8 Å². The summed E-state index contributed by atoms with van der Waals surface area (Å²) in [5.41, 5.74) is 1.07. The number of nitrogens with one attached hydrogen (secondary N) is 1. The molecule has 1 aromatic rings. The van der Waals surface area contributed by atoms with Crippen molar-refractivity contribution < 1.29 is 19.0 Å². The lowest BCUT2D eigenvalue weighted by atomic mass is 10.1. The monoisotopic (exact) mass is 221 g/mol. The molecular formula is C11H11NO4. The van der Waals surface area contributed by atoms with E-state index in [9.17, 15) is 4.79 Å². The number of carbonyl (C=O) groups is 1. The lowest BCUT2D eigenvalue weighted by Gasteiger charge is -2.07. The molecule has 0 bridgehead atoms. The summed E-state index contributed by atoms with van der Waals surface area (Å²) in [6.45, 7) is 0.839. The van der Waals surface area contributed by atoms with Crippen molar-refractivity contribution >= 4 is 6.09 Å². The minimum absolute atomic E-state index is 0.0899. The molecule has 1 atom stereocenters. The molecule has 0 saturated carbocycles. The zero-order chi connectivity index (χ0) is 11.0. The van der Waals surface area contributed by atoms with Gasteiger partial charge in [0.1, 0.15) is 6.10 Å². The number of hydrogen-bond donors (Lipinski definition) is 1. The summed E-state index contributed by atoms with van der Waals surface area (Å²) in [5.74, 6) is 1.53. The Kier molecular flexibility index (Phi) is 2.09. The van der Waals surface area contributed by atoms with Crippen molar-refractivity contribution in [2.45, 2.75) is 12.5 Å². The number of carbonyl (C=O) groups excluding carboxylic acids is 1. The molecule has 0 aromatic heterocycles. The molecule has 1 saturated heterocycles. The summed E-state index contributed by atoms with van der Waals surface area (Å²) in [6.07, 6.45) is 0.258. The van der Waals surface area contributed by atoms with Crippen LogP contribution in [0.4, 0.5) is 4.79 Å². The van der Waals surface area contributed by atoms with E-state index in [2.05, 4.69) is 5.32 Å². The fourth-order valence-corrected chi connectivity index (χ4v) is 1.88. The number of hydrogen-bond acceptors (Lipinski definition) is 4. The number of fused-ring (bicyclic) bond motifs is 1. The van der Waals surface area contributed by atoms with Gasteiger partial charge in [0.25, 0.3) is 0 Å².